The standard InChI is InChI=1S/C29H37NSi/c1-22-18-25(24-14-10-7-11-15-24)16-17-27(22)28-20-26(19-23-12-8-6-9-13-23)29(21-30(28)2)31(3,4)5/h7,10-11,14-18,20-21,23H,2,6,8-9,12-13,19H2,1,3-5H3. The van der Waals surface area contributed by atoms with Gasteiger partial charge in [0.1, 0.15) is 12.2 Å². The van der Waals surface area contributed by atoms with Crippen molar-refractivity contribution >= 4 is 14.8 Å². The van der Waals surface area contributed by atoms with Gasteiger partial charge in [-0.3, -0.25) is 4.58 Å². The molecule has 1 fully saturated rings. The molecule has 0 N–H and O–H groups in total. The molecule has 2 heteroatoms. The molecular formula is C29H37NSi. The van der Waals surface area contributed by atoms with Crippen LogP contribution in [0.4, 0.5) is 0 Å². The van der Waals surface area contributed by atoms with Crippen LogP contribution >= 0.6 is 0 Å². The van der Waals surface area contributed by atoms with Crippen molar-refractivity contribution in [2.45, 2.75) is 65.1 Å². The van der Waals surface area contributed by atoms with Gasteiger partial charge >= 0.3 is 0 Å². The molecule has 1 aliphatic heterocycles. The van der Waals surface area contributed by atoms with Crippen molar-refractivity contribution in [3.05, 3.63) is 88.7 Å². The van der Waals surface area contributed by atoms with Crippen LogP contribution in [0.3, 0.4) is 0 Å². The van der Waals surface area contributed by atoms with Gasteiger partial charge in [-0.15, -0.1) is 6.07 Å². The maximum Gasteiger partial charge on any atom is 0.147 e. The molecule has 0 bridgehead atoms. The molecule has 2 aromatic rings. The fraction of sp³-hybridized carbons (Fsp3) is 0.379. The van der Waals surface area contributed by atoms with Crippen LogP contribution in [0.25, 0.3) is 11.1 Å². The summed E-state index contributed by atoms with van der Waals surface area (Å²) in [6.45, 7) is 14.0. The van der Waals surface area contributed by atoms with E-state index in [1.807, 2.05) is 0 Å². The van der Waals surface area contributed by atoms with Crippen LogP contribution < -0.4 is 0 Å². The zero-order valence-corrected chi connectivity index (χ0v) is 20.7. The molecule has 31 heavy (non-hydrogen) atoms. The van der Waals surface area contributed by atoms with Gasteiger partial charge in [0.15, 0.2) is 0 Å². The number of hydrogen-bond acceptors (Lipinski definition) is 0. The Morgan fingerprint density at radius 1 is 0.968 bits per heavy atom. The average Bonchev–Trinajstić information content (AvgIpc) is 2.75. The first-order valence-corrected chi connectivity index (χ1v) is 15.4. The Bertz CT molecular complexity index is 1000. The summed E-state index contributed by atoms with van der Waals surface area (Å²) in [6, 6.07) is 18.7. The Kier molecular flexibility index (Phi) is 6.38. The summed E-state index contributed by atoms with van der Waals surface area (Å²) in [7, 11) is -1.45. The van der Waals surface area contributed by atoms with Crippen LogP contribution in [0.2, 0.25) is 19.6 Å². The third-order valence-corrected chi connectivity index (χ3v) is 8.97. The molecule has 4 rings (SSSR count). The van der Waals surface area contributed by atoms with E-state index in [2.05, 4.69) is 98.7 Å². The third kappa shape index (κ3) is 4.96. The number of rotatable bonds is 5. The van der Waals surface area contributed by atoms with Crippen LogP contribution in [0.1, 0.15) is 49.7 Å². The molecule has 2 aromatic carbocycles. The molecule has 1 aliphatic carbocycles. The second kappa shape index (κ2) is 9.04. The predicted octanol–water partition coefficient (Wildman–Crippen LogP) is 7.93. The molecule has 162 valence electrons. The number of benzene rings is 2. The van der Waals surface area contributed by atoms with E-state index < -0.39 is 8.07 Å². The van der Waals surface area contributed by atoms with E-state index in [1.165, 1.54) is 66.8 Å². The topological polar surface area (TPSA) is 3.01 Å². The molecule has 0 unspecified atom stereocenters. The number of hydrogen-bond donors (Lipinski definition) is 0. The highest BCUT2D eigenvalue weighted by Crippen LogP contribution is 2.39. The first-order valence-electron chi connectivity index (χ1n) is 11.9. The van der Waals surface area contributed by atoms with Gasteiger partial charge in [-0.1, -0.05) is 112 Å². The van der Waals surface area contributed by atoms with E-state index in [0.717, 1.165) is 5.92 Å². The fourth-order valence-electron chi connectivity index (χ4n) is 5.17. The SMILES string of the molecule is C=[N+]1C=C([Si](C)(C)C)C(CC2CCCCC2)=C[C-]1c1ccc(-c2ccccc2)cc1C. The maximum absolute atomic E-state index is 4.42. The normalized spacial score (nSPS) is 18.1. The van der Waals surface area contributed by atoms with Gasteiger partial charge in [-0.25, -0.2) is 0 Å². The average molecular weight is 428 g/mol. The molecular weight excluding hydrogens is 390 g/mol. The zero-order chi connectivity index (χ0) is 22.0. The summed E-state index contributed by atoms with van der Waals surface area (Å²) < 4.78 is 2.13. The predicted molar refractivity (Wildman–Crippen MR) is 137 cm³/mol. The minimum absolute atomic E-state index is 0.846. The lowest BCUT2D eigenvalue weighted by atomic mass is 9.83. The van der Waals surface area contributed by atoms with E-state index >= 15 is 0 Å². The molecule has 0 saturated heterocycles. The molecule has 2 aliphatic rings. The first-order chi connectivity index (χ1) is 14.8. The van der Waals surface area contributed by atoms with Gasteiger partial charge in [-0.05, 0) is 40.3 Å². The van der Waals surface area contributed by atoms with Crippen LogP contribution in [0.15, 0.2) is 71.6 Å². The Morgan fingerprint density at radius 2 is 1.68 bits per heavy atom. The van der Waals surface area contributed by atoms with Crippen molar-refractivity contribution < 1.29 is 4.58 Å². The molecule has 0 radical (unpaired) electrons. The summed E-state index contributed by atoms with van der Waals surface area (Å²) in [4.78, 5) is 0. The van der Waals surface area contributed by atoms with E-state index in [0.29, 0.717) is 0 Å². The van der Waals surface area contributed by atoms with E-state index in [9.17, 15) is 0 Å². The third-order valence-electron chi connectivity index (χ3n) is 6.90. The first kappa shape index (κ1) is 21.9. The molecule has 0 aromatic heterocycles. The second-order valence-corrected chi connectivity index (χ2v) is 15.5. The Morgan fingerprint density at radius 3 is 2.32 bits per heavy atom. The summed E-state index contributed by atoms with van der Waals surface area (Å²) in [5.41, 5.74) is 6.72. The lowest BCUT2D eigenvalue weighted by Gasteiger charge is -2.34. The van der Waals surface area contributed by atoms with E-state index in [4.69, 9.17) is 0 Å². The van der Waals surface area contributed by atoms with Gasteiger partial charge in [0.05, 0.1) is 14.8 Å². The minimum Gasteiger partial charge on any atom is -0.255 e. The Balaban J connectivity index is 1.67. The number of allylic oxidation sites excluding steroid dienone is 2. The van der Waals surface area contributed by atoms with E-state index in [-0.39, 0.29) is 0 Å². The Labute approximate surface area is 190 Å². The Hall–Kier alpha value is -2.32. The quantitative estimate of drug-likeness (QED) is 0.259. The minimum atomic E-state index is -1.45. The lowest BCUT2D eigenvalue weighted by molar-refractivity contribution is -0.418. The molecule has 1 heterocycles. The number of aryl methyl sites for hydroxylation is 1. The van der Waals surface area contributed by atoms with Gasteiger partial charge in [0, 0.05) is 0 Å². The smallest absolute Gasteiger partial charge is 0.147 e. The summed E-state index contributed by atoms with van der Waals surface area (Å²) >= 11 is 0. The highest BCUT2D eigenvalue weighted by molar-refractivity contribution is 6.84. The van der Waals surface area contributed by atoms with Crippen LogP contribution in [-0.2, 0) is 0 Å². The highest BCUT2D eigenvalue weighted by atomic mass is 28.3. The van der Waals surface area contributed by atoms with E-state index in [1.54, 1.807) is 10.8 Å². The lowest BCUT2D eigenvalue weighted by Crippen LogP contribution is -2.31. The van der Waals surface area contributed by atoms with Crippen molar-refractivity contribution in [2.75, 3.05) is 0 Å². The summed E-state index contributed by atoms with van der Waals surface area (Å²) in [5, 5.41) is 1.58. The van der Waals surface area contributed by atoms with Crippen molar-refractivity contribution in [3.8, 4) is 11.1 Å². The van der Waals surface area contributed by atoms with Crippen molar-refractivity contribution in [1.82, 2.24) is 0 Å². The van der Waals surface area contributed by atoms with Crippen molar-refractivity contribution in [1.29, 1.82) is 0 Å². The van der Waals surface area contributed by atoms with Crippen LogP contribution in [0.5, 0.6) is 0 Å². The van der Waals surface area contributed by atoms with Gasteiger partial charge in [-0.2, -0.15) is 0 Å². The maximum atomic E-state index is 4.42. The van der Waals surface area contributed by atoms with Gasteiger partial charge in [0.2, 0.25) is 0 Å². The largest absolute Gasteiger partial charge is 0.255 e. The van der Waals surface area contributed by atoms with Crippen LogP contribution in [0, 0.1) is 18.9 Å². The zero-order valence-electron chi connectivity index (χ0n) is 19.7. The number of nitrogens with zero attached hydrogens (tertiary/aromatic N) is 1. The van der Waals surface area contributed by atoms with Crippen molar-refractivity contribution in [2.24, 2.45) is 5.92 Å². The molecule has 1 nitrogen and oxygen atoms in total. The van der Waals surface area contributed by atoms with Gasteiger partial charge < -0.3 is 0 Å². The molecule has 0 atom stereocenters. The molecule has 0 spiro atoms. The fourth-order valence-corrected chi connectivity index (χ4v) is 6.85. The second-order valence-electron chi connectivity index (χ2n) is 10.4. The summed E-state index contributed by atoms with van der Waals surface area (Å²) in [5.74, 6) is 0.846. The molecule has 0 amide bonds. The van der Waals surface area contributed by atoms with Gasteiger partial charge in [0.25, 0.3) is 0 Å². The summed E-state index contributed by atoms with van der Waals surface area (Å²) in [6.07, 6.45) is 13.1. The van der Waals surface area contributed by atoms with Crippen LogP contribution in [-0.4, -0.2) is 19.4 Å². The molecule has 1 saturated carbocycles. The monoisotopic (exact) mass is 427 g/mol. The van der Waals surface area contributed by atoms with Crippen molar-refractivity contribution in [3.63, 3.8) is 0 Å². The highest BCUT2D eigenvalue weighted by Gasteiger charge is 2.30.